The van der Waals surface area contributed by atoms with Crippen molar-refractivity contribution in [3.8, 4) is 5.75 Å². The molecule has 0 aliphatic rings. The Morgan fingerprint density at radius 2 is 1.61 bits per heavy atom. The molecule has 3 nitrogen and oxygen atoms in total. The van der Waals surface area contributed by atoms with E-state index in [1.807, 2.05) is 13.8 Å². The van der Waals surface area contributed by atoms with E-state index in [1.54, 1.807) is 18.2 Å². The first-order valence-electron chi connectivity index (χ1n) is 6.62. The maximum atomic E-state index is 13.4. The summed E-state index contributed by atoms with van der Waals surface area (Å²) in [5.74, 6) is -8.58. The standard InChI is InChI=1S/C16H13F4NO2/c1-8-3-4-10(5-9(8)2)21-13(22)7-23-16-14(19)11(17)6-12(18)15(16)20/h3-6H,7H2,1-2H3,(H,21,22). The lowest BCUT2D eigenvalue weighted by atomic mass is 10.1. The predicted molar refractivity (Wildman–Crippen MR) is 76.3 cm³/mol. The summed E-state index contributed by atoms with van der Waals surface area (Å²) in [4.78, 5) is 11.7. The van der Waals surface area contributed by atoms with E-state index in [0.717, 1.165) is 11.1 Å². The van der Waals surface area contributed by atoms with Gasteiger partial charge in [0.1, 0.15) is 0 Å². The van der Waals surface area contributed by atoms with Crippen LogP contribution in [0.1, 0.15) is 11.1 Å². The number of carbonyl (C=O) groups is 1. The summed E-state index contributed by atoms with van der Waals surface area (Å²) in [6, 6.07) is 5.19. The number of nitrogens with one attached hydrogen (secondary N) is 1. The van der Waals surface area contributed by atoms with Gasteiger partial charge in [0, 0.05) is 11.8 Å². The molecule has 0 saturated heterocycles. The van der Waals surface area contributed by atoms with Crippen molar-refractivity contribution in [2.75, 3.05) is 11.9 Å². The van der Waals surface area contributed by atoms with Gasteiger partial charge in [-0.1, -0.05) is 6.07 Å². The topological polar surface area (TPSA) is 38.3 Å². The number of anilines is 1. The Kier molecular flexibility index (Phi) is 4.88. The molecule has 0 radical (unpaired) electrons. The predicted octanol–water partition coefficient (Wildman–Crippen LogP) is 3.88. The molecule has 0 aromatic heterocycles. The zero-order chi connectivity index (χ0) is 17.1. The Morgan fingerprint density at radius 1 is 1.00 bits per heavy atom. The number of rotatable bonds is 4. The van der Waals surface area contributed by atoms with Crippen LogP contribution >= 0.6 is 0 Å². The first-order valence-corrected chi connectivity index (χ1v) is 6.62. The molecule has 2 rings (SSSR count). The number of hydrogen-bond donors (Lipinski definition) is 1. The van der Waals surface area contributed by atoms with Crippen LogP contribution in [0.4, 0.5) is 23.2 Å². The fourth-order valence-electron chi connectivity index (χ4n) is 1.83. The summed E-state index contributed by atoms with van der Waals surface area (Å²) in [6.07, 6.45) is 0. The molecule has 7 heteroatoms. The van der Waals surface area contributed by atoms with E-state index in [9.17, 15) is 22.4 Å². The van der Waals surface area contributed by atoms with E-state index in [1.165, 1.54) is 0 Å². The summed E-state index contributed by atoms with van der Waals surface area (Å²) in [5, 5.41) is 2.45. The third-order valence-corrected chi connectivity index (χ3v) is 3.21. The highest BCUT2D eigenvalue weighted by atomic mass is 19.2. The molecular weight excluding hydrogens is 314 g/mol. The number of benzene rings is 2. The van der Waals surface area contributed by atoms with Crippen LogP contribution in [0, 0.1) is 37.1 Å². The number of carbonyl (C=O) groups excluding carboxylic acids is 1. The Morgan fingerprint density at radius 3 is 2.17 bits per heavy atom. The fourth-order valence-corrected chi connectivity index (χ4v) is 1.83. The largest absolute Gasteiger partial charge is 0.477 e. The van der Waals surface area contributed by atoms with Crippen molar-refractivity contribution in [3.63, 3.8) is 0 Å². The van der Waals surface area contributed by atoms with Crippen LogP contribution in [0.25, 0.3) is 0 Å². The van der Waals surface area contributed by atoms with E-state index < -0.39 is 41.5 Å². The highest BCUT2D eigenvalue weighted by Gasteiger charge is 2.21. The third-order valence-electron chi connectivity index (χ3n) is 3.21. The third kappa shape index (κ3) is 3.80. The minimum Gasteiger partial charge on any atom is -0.477 e. The number of amides is 1. The fraction of sp³-hybridized carbons (Fsp3) is 0.188. The van der Waals surface area contributed by atoms with Crippen LogP contribution in [0.5, 0.6) is 5.75 Å². The monoisotopic (exact) mass is 327 g/mol. The number of ether oxygens (including phenoxy) is 1. The second-order valence-electron chi connectivity index (χ2n) is 4.93. The summed E-state index contributed by atoms with van der Waals surface area (Å²) in [6.45, 7) is 2.94. The lowest BCUT2D eigenvalue weighted by Gasteiger charge is -2.10. The Bertz CT molecular complexity index is 736. The van der Waals surface area contributed by atoms with Crippen LogP contribution in [0.3, 0.4) is 0 Å². The van der Waals surface area contributed by atoms with E-state index in [2.05, 4.69) is 10.1 Å². The Balaban J connectivity index is 2.06. The number of hydrogen-bond acceptors (Lipinski definition) is 2. The van der Waals surface area contributed by atoms with E-state index in [-0.39, 0.29) is 6.07 Å². The van der Waals surface area contributed by atoms with Crippen LogP contribution in [0.2, 0.25) is 0 Å². The smallest absolute Gasteiger partial charge is 0.262 e. The summed E-state index contributed by atoms with van der Waals surface area (Å²) in [5.41, 5.74) is 2.43. The lowest BCUT2D eigenvalue weighted by Crippen LogP contribution is -2.21. The zero-order valence-corrected chi connectivity index (χ0v) is 12.3. The molecular formula is C16H13F4NO2. The minimum atomic E-state index is -1.69. The first-order chi connectivity index (χ1) is 10.8. The van der Waals surface area contributed by atoms with Gasteiger partial charge >= 0.3 is 0 Å². The molecule has 122 valence electrons. The van der Waals surface area contributed by atoms with Crippen LogP contribution in [0.15, 0.2) is 24.3 Å². The van der Waals surface area contributed by atoms with Crippen molar-refractivity contribution in [2.24, 2.45) is 0 Å². The average Bonchev–Trinajstić information content (AvgIpc) is 2.49. The van der Waals surface area contributed by atoms with Gasteiger partial charge in [0.15, 0.2) is 24.0 Å². The van der Waals surface area contributed by atoms with Gasteiger partial charge in [-0.2, -0.15) is 8.78 Å². The molecule has 0 bridgehead atoms. The van der Waals surface area contributed by atoms with Gasteiger partial charge in [-0.3, -0.25) is 4.79 Å². The van der Waals surface area contributed by atoms with E-state index in [0.29, 0.717) is 5.69 Å². The van der Waals surface area contributed by atoms with Gasteiger partial charge in [-0.15, -0.1) is 0 Å². The number of halogens is 4. The van der Waals surface area contributed by atoms with Gasteiger partial charge in [-0.05, 0) is 37.1 Å². The average molecular weight is 327 g/mol. The molecule has 23 heavy (non-hydrogen) atoms. The maximum absolute atomic E-state index is 13.4. The molecule has 2 aromatic rings. The van der Waals surface area contributed by atoms with Crippen molar-refractivity contribution < 1.29 is 27.1 Å². The van der Waals surface area contributed by atoms with Gasteiger partial charge in [0.05, 0.1) is 0 Å². The quantitative estimate of drug-likeness (QED) is 0.684. The van der Waals surface area contributed by atoms with Gasteiger partial charge in [0.25, 0.3) is 5.91 Å². The Hall–Kier alpha value is -2.57. The van der Waals surface area contributed by atoms with Gasteiger partial charge in [0.2, 0.25) is 11.6 Å². The zero-order valence-electron chi connectivity index (χ0n) is 12.3. The van der Waals surface area contributed by atoms with Gasteiger partial charge in [-0.25, -0.2) is 8.78 Å². The summed E-state index contributed by atoms with van der Waals surface area (Å²) < 4.78 is 57.4. The molecule has 0 spiro atoms. The molecule has 0 fully saturated rings. The minimum absolute atomic E-state index is 0.0622. The molecule has 1 N–H and O–H groups in total. The summed E-state index contributed by atoms with van der Waals surface area (Å²) in [7, 11) is 0. The van der Waals surface area contributed by atoms with Crippen LogP contribution < -0.4 is 10.1 Å². The molecule has 0 atom stereocenters. The van der Waals surface area contributed by atoms with Crippen molar-refractivity contribution in [2.45, 2.75) is 13.8 Å². The molecule has 0 aliphatic carbocycles. The number of aryl methyl sites for hydroxylation is 2. The molecule has 0 heterocycles. The van der Waals surface area contributed by atoms with Crippen molar-refractivity contribution in [3.05, 3.63) is 58.7 Å². The highest BCUT2D eigenvalue weighted by molar-refractivity contribution is 5.92. The molecule has 2 aromatic carbocycles. The second kappa shape index (κ2) is 6.68. The molecule has 1 amide bonds. The van der Waals surface area contributed by atoms with E-state index in [4.69, 9.17) is 0 Å². The Labute approximate surface area is 129 Å². The van der Waals surface area contributed by atoms with Crippen molar-refractivity contribution >= 4 is 11.6 Å². The van der Waals surface area contributed by atoms with Crippen LogP contribution in [-0.2, 0) is 4.79 Å². The summed E-state index contributed by atoms with van der Waals surface area (Å²) >= 11 is 0. The maximum Gasteiger partial charge on any atom is 0.262 e. The molecule has 0 unspecified atom stereocenters. The highest BCUT2D eigenvalue weighted by Crippen LogP contribution is 2.26. The second-order valence-corrected chi connectivity index (χ2v) is 4.93. The van der Waals surface area contributed by atoms with E-state index >= 15 is 0 Å². The first kappa shape index (κ1) is 16.8. The molecule has 0 aliphatic heterocycles. The molecule has 0 saturated carbocycles. The SMILES string of the molecule is Cc1ccc(NC(=O)COc2c(F)c(F)cc(F)c2F)cc1C. The van der Waals surface area contributed by atoms with Crippen molar-refractivity contribution in [1.29, 1.82) is 0 Å². The van der Waals surface area contributed by atoms with Crippen molar-refractivity contribution in [1.82, 2.24) is 0 Å². The van der Waals surface area contributed by atoms with Crippen LogP contribution in [-0.4, -0.2) is 12.5 Å². The normalized spacial score (nSPS) is 10.5. The lowest BCUT2D eigenvalue weighted by molar-refractivity contribution is -0.118. The van der Waals surface area contributed by atoms with Gasteiger partial charge < -0.3 is 10.1 Å².